The highest BCUT2D eigenvalue weighted by Gasteiger charge is 2.41. The number of rotatable bonds is 4. The highest BCUT2D eigenvalue weighted by Crippen LogP contribution is 2.24. The molecule has 0 bridgehead atoms. The Morgan fingerprint density at radius 3 is 2.85 bits per heavy atom. The summed E-state index contributed by atoms with van der Waals surface area (Å²) >= 11 is 0. The van der Waals surface area contributed by atoms with Gasteiger partial charge in [-0.15, -0.1) is 0 Å². The highest BCUT2D eigenvalue weighted by molar-refractivity contribution is 5.80. The summed E-state index contributed by atoms with van der Waals surface area (Å²) < 4.78 is 7.90. The van der Waals surface area contributed by atoms with Gasteiger partial charge in [-0.25, -0.2) is 0 Å². The van der Waals surface area contributed by atoms with Gasteiger partial charge in [0.25, 0.3) is 0 Å². The maximum absolute atomic E-state index is 6.08. The fourth-order valence-corrected chi connectivity index (χ4v) is 4.02. The normalized spacial score (nSPS) is 23.5. The smallest absolute Gasteiger partial charge is 0.194 e. The lowest BCUT2D eigenvalue weighted by Crippen LogP contribution is -2.50. The van der Waals surface area contributed by atoms with Crippen LogP contribution >= 0.6 is 0 Å². The Balaban J connectivity index is 1.39. The lowest BCUT2D eigenvalue weighted by Gasteiger charge is -2.36. The van der Waals surface area contributed by atoms with Gasteiger partial charge in [-0.2, -0.15) is 5.10 Å². The Labute approximate surface area is 160 Å². The molecule has 0 amide bonds. The summed E-state index contributed by atoms with van der Waals surface area (Å²) in [6.07, 6.45) is 4.14. The highest BCUT2D eigenvalue weighted by atomic mass is 16.5. The van der Waals surface area contributed by atoms with Crippen molar-refractivity contribution in [1.29, 1.82) is 0 Å². The van der Waals surface area contributed by atoms with E-state index in [-0.39, 0.29) is 6.10 Å². The molecule has 1 N–H and O–H groups in total. The summed E-state index contributed by atoms with van der Waals surface area (Å²) in [6, 6.07) is 11.1. The molecule has 0 saturated carbocycles. The van der Waals surface area contributed by atoms with E-state index in [1.165, 1.54) is 5.56 Å². The molecule has 0 aliphatic carbocycles. The van der Waals surface area contributed by atoms with Crippen molar-refractivity contribution < 1.29 is 4.74 Å². The molecule has 0 radical (unpaired) electrons. The average molecular weight is 368 g/mol. The first kappa shape index (κ1) is 18.0. The summed E-state index contributed by atoms with van der Waals surface area (Å²) in [5.41, 5.74) is 2.51. The standard InChI is InChI=1S/C20H28N6O/c1-21-20(22-10-17-11-23-24(2)12-17)26-14-18-19(15-26)27-9-8-25(18)13-16-6-4-3-5-7-16/h3-7,11-12,18-19H,8-10,13-15H2,1-2H3,(H,21,22). The first-order valence-electron chi connectivity index (χ1n) is 9.55. The summed E-state index contributed by atoms with van der Waals surface area (Å²) in [5, 5.41) is 7.69. The summed E-state index contributed by atoms with van der Waals surface area (Å²) in [7, 11) is 3.78. The summed E-state index contributed by atoms with van der Waals surface area (Å²) in [6.45, 7) is 5.28. The van der Waals surface area contributed by atoms with Crippen LogP contribution in [0.3, 0.4) is 0 Å². The van der Waals surface area contributed by atoms with E-state index in [2.05, 4.69) is 55.5 Å². The van der Waals surface area contributed by atoms with Gasteiger partial charge in [0.2, 0.25) is 0 Å². The van der Waals surface area contributed by atoms with E-state index >= 15 is 0 Å². The molecule has 27 heavy (non-hydrogen) atoms. The third-order valence-electron chi connectivity index (χ3n) is 5.37. The molecule has 7 heteroatoms. The number of aromatic nitrogens is 2. The number of fused-ring (bicyclic) bond motifs is 1. The topological polar surface area (TPSA) is 57.9 Å². The second-order valence-electron chi connectivity index (χ2n) is 7.26. The predicted octanol–water partition coefficient (Wildman–Crippen LogP) is 1.08. The van der Waals surface area contributed by atoms with E-state index in [1.807, 2.05) is 31.2 Å². The van der Waals surface area contributed by atoms with Gasteiger partial charge in [0.1, 0.15) is 0 Å². The number of benzene rings is 1. The van der Waals surface area contributed by atoms with Crippen LogP contribution in [0.25, 0.3) is 0 Å². The van der Waals surface area contributed by atoms with Gasteiger partial charge >= 0.3 is 0 Å². The summed E-state index contributed by atoms with van der Waals surface area (Å²) in [5.74, 6) is 0.927. The van der Waals surface area contributed by atoms with Crippen molar-refractivity contribution in [2.45, 2.75) is 25.2 Å². The maximum atomic E-state index is 6.08. The van der Waals surface area contributed by atoms with Crippen molar-refractivity contribution >= 4 is 5.96 Å². The Morgan fingerprint density at radius 1 is 1.26 bits per heavy atom. The average Bonchev–Trinajstić information content (AvgIpc) is 3.30. The molecule has 2 saturated heterocycles. The van der Waals surface area contributed by atoms with Crippen molar-refractivity contribution in [1.82, 2.24) is 24.9 Å². The van der Waals surface area contributed by atoms with Crippen LogP contribution in [0.2, 0.25) is 0 Å². The first-order valence-corrected chi connectivity index (χ1v) is 9.55. The number of likely N-dealkylation sites (tertiary alicyclic amines) is 1. The quantitative estimate of drug-likeness (QED) is 0.647. The lowest BCUT2D eigenvalue weighted by atomic mass is 10.1. The minimum absolute atomic E-state index is 0.236. The van der Waals surface area contributed by atoms with Crippen LogP contribution in [-0.4, -0.2) is 71.0 Å². The fourth-order valence-electron chi connectivity index (χ4n) is 4.02. The molecular formula is C20H28N6O. The first-order chi connectivity index (χ1) is 13.2. The molecule has 7 nitrogen and oxygen atoms in total. The molecule has 2 aliphatic heterocycles. The van der Waals surface area contributed by atoms with E-state index in [9.17, 15) is 0 Å². The van der Waals surface area contributed by atoms with Gasteiger partial charge in [-0.1, -0.05) is 30.3 Å². The van der Waals surface area contributed by atoms with Crippen molar-refractivity contribution in [3.63, 3.8) is 0 Å². The van der Waals surface area contributed by atoms with Crippen LogP contribution in [0.1, 0.15) is 11.1 Å². The lowest BCUT2D eigenvalue weighted by molar-refractivity contribution is -0.0502. The van der Waals surface area contributed by atoms with E-state index in [0.717, 1.165) is 50.9 Å². The van der Waals surface area contributed by atoms with E-state index in [4.69, 9.17) is 4.74 Å². The molecule has 1 aromatic heterocycles. The molecule has 2 atom stereocenters. The SMILES string of the molecule is CN=C(NCc1cnn(C)c1)N1CC2OCCN(Cc3ccccc3)C2C1. The Kier molecular flexibility index (Phi) is 5.40. The van der Waals surface area contributed by atoms with Gasteiger partial charge in [0.15, 0.2) is 5.96 Å². The van der Waals surface area contributed by atoms with Gasteiger partial charge in [0.05, 0.1) is 24.9 Å². The summed E-state index contributed by atoms with van der Waals surface area (Å²) in [4.78, 5) is 9.36. The zero-order chi connectivity index (χ0) is 18.6. The maximum Gasteiger partial charge on any atom is 0.194 e. The molecule has 144 valence electrons. The van der Waals surface area contributed by atoms with E-state index in [0.29, 0.717) is 6.04 Å². The molecule has 2 aromatic rings. The number of nitrogens with one attached hydrogen (secondary N) is 1. The Morgan fingerprint density at radius 2 is 2.11 bits per heavy atom. The number of hydrogen-bond donors (Lipinski definition) is 1. The molecular weight excluding hydrogens is 340 g/mol. The van der Waals surface area contributed by atoms with Crippen LogP contribution < -0.4 is 5.32 Å². The Bertz CT molecular complexity index is 774. The number of ether oxygens (including phenoxy) is 1. The monoisotopic (exact) mass is 368 g/mol. The molecule has 2 fully saturated rings. The van der Waals surface area contributed by atoms with Crippen LogP contribution in [-0.2, 0) is 24.9 Å². The van der Waals surface area contributed by atoms with E-state index < -0.39 is 0 Å². The zero-order valence-electron chi connectivity index (χ0n) is 16.1. The molecule has 1 aromatic carbocycles. The molecule has 2 aliphatic rings. The van der Waals surface area contributed by atoms with Gasteiger partial charge < -0.3 is 15.0 Å². The largest absolute Gasteiger partial charge is 0.373 e. The van der Waals surface area contributed by atoms with Crippen LogP contribution in [0.4, 0.5) is 0 Å². The number of guanidine groups is 1. The number of nitrogens with zero attached hydrogens (tertiary/aromatic N) is 5. The number of aryl methyl sites for hydroxylation is 1. The van der Waals surface area contributed by atoms with Crippen LogP contribution in [0, 0.1) is 0 Å². The van der Waals surface area contributed by atoms with Crippen molar-refractivity contribution in [3.05, 3.63) is 53.9 Å². The van der Waals surface area contributed by atoms with Crippen LogP contribution in [0.5, 0.6) is 0 Å². The van der Waals surface area contributed by atoms with Crippen molar-refractivity contribution in [3.8, 4) is 0 Å². The van der Waals surface area contributed by atoms with Crippen LogP contribution in [0.15, 0.2) is 47.7 Å². The minimum Gasteiger partial charge on any atom is -0.373 e. The predicted molar refractivity (Wildman–Crippen MR) is 105 cm³/mol. The van der Waals surface area contributed by atoms with Crippen molar-refractivity contribution in [2.24, 2.45) is 12.0 Å². The third kappa shape index (κ3) is 4.14. The second kappa shape index (κ2) is 8.10. The Hall–Kier alpha value is -2.38. The zero-order valence-corrected chi connectivity index (χ0v) is 16.1. The van der Waals surface area contributed by atoms with Gasteiger partial charge in [0, 0.05) is 58.6 Å². The van der Waals surface area contributed by atoms with Crippen molar-refractivity contribution in [2.75, 3.05) is 33.3 Å². The fraction of sp³-hybridized carbons (Fsp3) is 0.500. The minimum atomic E-state index is 0.236. The van der Waals surface area contributed by atoms with Gasteiger partial charge in [-0.3, -0.25) is 14.6 Å². The molecule has 2 unspecified atom stereocenters. The number of aliphatic imine (C=N–C) groups is 1. The van der Waals surface area contributed by atoms with E-state index in [1.54, 1.807) is 0 Å². The van der Waals surface area contributed by atoms with Gasteiger partial charge in [-0.05, 0) is 5.56 Å². The third-order valence-corrected chi connectivity index (χ3v) is 5.37. The number of hydrogen-bond acceptors (Lipinski definition) is 4. The molecule has 3 heterocycles. The molecule has 4 rings (SSSR count). The number of morpholine rings is 1. The second-order valence-corrected chi connectivity index (χ2v) is 7.26. The molecule has 0 spiro atoms.